The largest absolute Gasteiger partial charge is 0.253 e. The molecule has 1 aliphatic carbocycles. The molecule has 1 atom stereocenters. The van der Waals surface area contributed by atoms with E-state index >= 15 is 0 Å². The molecule has 1 nitrogen and oxygen atoms in total. The predicted octanol–water partition coefficient (Wildman–Crippen LogP) is 9.51. The van der Waals surface area contributed by atoms with Crippen LogP contribution in [0.4, 0.5) is 0 Å². The summed E-state index contributed by atoms with van der Waals surface area (Å²) in [5.41, 5.74) is 8.11. The molecule has 0 radical (unpaired) electrons. The minimum atomic E-state index is 0.311. The van der Waals surface area contributed by atoms with Gasteiger partial charge in [-0.2, -0.15) is 0 Å². The molecule has 5 rings (SSSR count). The number of hydrogen-bond acceptors (Lipinski definition) is 2. The van der Waals surface area contributed by atoms with Crippen molar-refractivity contribution in [3.63, 3.8) is 0 Å². The van der Waals surface area contributed by atoms with Crippen molar-refractivity contribution in [3.05, 3.63) is 112 Å². The van der Waals surface area contributed by atoms with Crippen molar-refractivity contribution in [2.45, 2.75) is 59.3 Å². The van der Waals surface area contributed by atoms with Crippen LogP contribution in [0.2, 0.25) is 0 Å². The Kier molecular flexibility index (Phi) is 7.02. The van der Waals surface area contributed by atoms with Crippen molar-refractivity contribution in [1.82, 2.24) is 0 Å². The number of nitrogens with zero attached hydrogens (tertiary/aromatic N) is 1. The zero-order chi connectivity index (χ0) is 24.3. The lowest BCUT2D eigenvalue weighted by molar-refractivity contribution is 0.260. The number of allylic oxidation sites excluding steroid dienone is 7. The topological polar surface area (TPSA) is 12.4 Å². The third kappa shape index (κ3) is 5.18. The van der Waals surface area contributed by atoms with Gasteiger partial charge in [0.2, 0.25) is 0 Å². The third-order valence-electron chi connectivity index (χ3n) is 7.61. The van der Waals surface area contributed by atoms with Gasteiger partial charge in [-0.05, 0) is 92.0 Å². The molecule has 2 heteroatoms. The Morgan fingerprint density at radius 2 is 1.83 bits per heavy atom. The smallest absolute Gasteiger partial charge is 0.0739 e. The predicted molar refractivity (Wildman–Crippen MR) is 154 cm³/mol. The van der Waals surface area contributed by atoms with Gasteiger partial charge in [0.25, 0.3) is 0 Å². The number of aliphatic imine (C=N–C) groups is 1. The van der Waals surface area contributed by atoms with E-state index in [1.807, 2.05) is 11.3 Å². The first-order chi connectivity index (χ1) is 17.1. The van der Waals surface area contributed by atoms with Crippen molar-refractivity contribution in [2.24, 2.45) is 10.4 Å². The zero-order valence-electron chi connectivity index (χ0n) is 21.2. The summed E-state index contributed by atoms with van der Waals surface area (Å²) in [5.74, 6) is 0. The average molecular weight is 478 g/mol. The van der Waals surface area contributed by atoms with Crippen LogP contribution in [0.25, 0.3) is 15.8 Å². The van der Waals surface area contributed by atoms with E-state index < -0.39 is 0 Å². The molecule has 0 N–H and O–H groups in total. The fourth-order valence-corrected chi connectivity index (χ4v) is 7.01. The van der Waals surface area contributed by atoms with E-state index in [4.69, 9.17) is 4.99 Å². The molecule has 0 spiro atoms. The second kappa shape index (κ2) is 10.3. The fraction of sp³-hybridized carbons (Fsp3) is 0.303. The molecular formula is C33H35NS. The molecule has 0 fully saturated rings. The SMILES string of the molecule is C\C=C1C\C=C/C=C\C(C)=N\C(c2ccccc2)=C/1CCC1(C)CCc2c(sc3ccccc23)C1. The van der Waals surface area contributed by atoms with Gasteiger partial charge in [-0.25, -0.2) is 0 Å². The zero-order valence-corrected chi connectivity index (χ0v) is 22.0. The van der Waals surface area contributed by atoms with E-state index in [1.165, 1.54) is 52.5 Å². The quantitative estimate of drug-likeness (QED) is 0.355. The van der Waals surface area contributed by atoms with Gasteiger partial charge in [-0.1, -0.05) is 79.8 Å². The van der Waals surface area contributed by atoms with E-state index in [2.05, 4.69) is 106 Å². The van der Waals surface area contributed by atoms with Crippen LogP contribution in [0.3, 0.4) is 0 Å². The minimum Gasteiger partial charge on any atom is -0.253 e. The van der Waals surface area contributed by atoms with Gasteiger partial charge in [-0.3, -0.25) is 4.99 Å². The highest BCUT2D eigenvalue weighted by molar-refractivity contribution is 7.19. The molecule has 0 saturated carbocycles. The van der Waals surface area contributed by atoms with E-state index in [0.717, 1.165) is 24.3 Å². The van der Waals surface area contributed by atoms with Crippen LogP contribution in [0.15, 0.2) is 101 Å². The van der Waals surface area contributed by atoms with Gasteiger partial charge >= 0.3 is 0 Å². The summed E-state index contributed by atoms with van der Waals surface area (Å²) in [6, 6.07) is 19.7. The van der Waals surface area contributed by atoms with Gasteiger partial charge in [0, 0.05) is 20.9 Å². The van der Waals surface area contributed by atoms with E-state index in [1.54, 1.807) is 10.4 Å². The van der Waals surface area contributed by atoms with E-state index in [-0.39, 0.29) is 0 Å². The summed E-state index contributed by atoms with van der Waals surface area (Å²) in [6.45, 7) is 6.79. The number of aryl methyl sites for hydroxylation is 1. The molecule has 0 bridgehead atoms. The Morgan fingerprint density at radius 1 is 1.03 bits per heavy atom. The first-order valence-corrected chi connectivity index (χ1v) is 13.7. The van der Waals surface area contributed by atoms with Crippen LogP contribution in [0.1, 0.15) is 62.5 Å². The summed E-state index contributed by atoms with van der Waals surface area (Å²) in [7, 11) is 0. The van der Waals surface area contributed by atoms with Crippen LogP contribution in [-0.2, 0) is 12.8 Å². The molecule has 178 valence electrons. The minimum absolute atomic E-state index is 0.311. The van der Waals surface area contributed by atoms with E-state index in [0.29, 0.717) is 5.41 Å². The molecule has 0 saturated heterocycles. The van der Waals surface area contributed by atoms with Crippen molar-refractivity contribution in [1.29, 1.82) is 0 Å². The summed E-state index contributed by atoms with van der Waals surface area (Å²) in [4.78, 5) is 6.78. The molecule has 3 aromatic rings. The molecule has 2 aliphatic rings. The highest BCUT2D eigenvalue weighted by atomic mass is 32.1. The monoisotopic (exact) mass is 477 g/mol. The van der Waals surface area contributed by atoms with Gasteiger partial charge < -0.3 is 0 Å². The second-order valence-corrected chi connectivity index (χ2v) is 11.4. The maximum atomic E-state index is 5.18. The highest BCUT2D eigenvalue weighted by Gasteiger charge is 2.32. The van der Waals surface area contributed by atoms with Gasteiger partial charge in [0.05, 0.1) is 5.70 Å². The maximum Gasteiger partial charge on any atom is 0.0739 e. The molecule has 35 heavy (non-hydrogen) atoms. The van der Waals surface area contributed by atoms with Gasteiger partial charge in [0.15, 0.2) is 0 Å². The molecular weight excluding hydrogens is 442 g/mol. The van der Waals surface area contributed by atoms with Crippen molar-refractivity contribution in [3.8, 4) is 0 Å². The summed E-state index contributed by atoms with van der Waals surface area (Å²) in [5, 5.41) is 1.48. The highest BCUT2D eigenvalue weighted by Crippen LogP contribution is 2.46. The second-order valence-electron chi connectivity index (χ2n) is 10.2. The number of hydrogen-bond donors (Lipinski definition) is 0. The van der Waals surface area contributed by atoms with Gasteiger partial charge in [-0.15, -0.1) is 11.3 Å². The van der Waals surface area contributed by atoms with Crippen LogP contribution in [0.5, 0.6) is 0 Å². The van der Waals surface area contributed by atoms with Gasteiger partial charge in [0.1, 0.15) is 0 Å². The molecule has 0 amide bonds. The molecule has 2 aromatic carbocycles. The number of thiophene rings is 1. The normalized spacial score (nSPS) is 27.3. The Bertz CT molecular complexity index is 1360. The van der Waals surface area contributed by atoms with Crippen LogP contribution in [0, 0.1) is 5.41 Å². The summed E-state index contributed by atoms with van der Waals surface area (Å²) in [6.07, 6.45) is 17.8. The lowest BCUT2D eigenvalue weighted by Gasteiger charge is -2.34. The van der Waals surface area contributed by atoms with Crippen LogP contribution >= 0.6 is 11.3 Å². The standard InChI is InChI=1S/C33H35NS/c1-4-25-14-8-5-7-13-24(2)34-32(26-15-9-6-10-16-26)27(25)19-21-33(3)22-20-29-28-17-11-12-18-30(28)35-31(29)23-33/h4-13,15-18H,14,19-23H2,1-3H3/b8-5-,13-7-,25-4+,32-27-,34-24+. The van der Waals surface area contributed by atoms with E-state index in [9.17, 15) is 0 Å². The fourth-order valence-electron chi connectivity index (χ4n) is 5.54. The molecule has 1 aliphatic heterocycles. The maximum absolute atomic E-state index is 5.18. The Hall–Kier alpha value is -2.97. The summed E-state index contributed by atoms with van der Waals surface area (Å²) < 4.78 is 1.45. The van der Waals surface area contributed by atoms with Crippen molar-refractivity contribution >= 4 is 32.8 Å². The Morgan fingerprint density at radius 3 is 2.66 bits per heavy atom. The third-order valence-corrected chi connectivity index (χ3v) is 8.82. The summed E-state index contributed by atoms with van der Waals surface area (Å²) >= 11 is 2.02. The van der Waals surface area contributed by atoms with Crippen LogP contribution < -0.4 is 0 Å². The first kappa shape index (κ1) is 23.8. The van der Waals surface area contributed by atoms with Crippen LogP contribution in [-0.4, -0.2) is 5.71 Å². The lowest BCUT2D eigenvalue weighted by Crippen LogP contribution is -2.25. The number of benzene rings is 2. The molecule has 1 aromatic heterocycles. The first-order valence-electron chi connectivity index (χ1n) is 12.9. The Balaban J connectivity index is 1.50. The van der Waals surface area contributed by atoms with Crippen molar-refractivity contribution in [2.75, 3.05) is 0 Å². The number of fused-ring (bicyclic) bond motifs is 3. The van der Waals surface area contributed by atoms with Crippen molar-refractivity contribution < 1.29 is 0 Å². The average Bonchev–Trinajstić information content (AvgIpc) is 3.24. The molecule has 2 heterocycles. The number of rotatable bonds is 4. The molecule has 1 unspecified atom stereocenters. The lowest BCUT2D eigenvalue weighted by atomic mass is 9.71. The Labute approximate surface area is 214 Å².